The second kappa shape index (κ2) is 8.49. The Hall–Kier alpha value is -3.61. The van der Waals surface area contributed by atoms with Crippen LogP contribution in [0, 0.1) is 6.92 Å². The third-order valence-electron chi connectivity index (χ3n) is 6.15. The standard InChI is InChI=1S/C25H27N5O2/c1-17-7-9-20-21(14-17)28-24(27-20)22-6-3-4-13-30(22)25(31)18-8-10-23(32-2)19(15-18)16-29-12-5-11-26-29/h5,7-12,14-15,22H,3-4,6,13,16H2,1-2H3,(H,27,28)/t22-/m1/s1. The normalized spacial score (nSPS) is 16.4. The Morgan fingerprint density at radius 1 is 1.22 bits per heavy atom. The van der Waals surface area contributed by atoms with Crippen LogP contribution in [-0.4, -0.2) is 44.2 Å². The number of H-pyrrole nitrogens is 1. The molecular formula is C25H27N5O2. The predicted molar refractivity (Wildman–Crippen MR) is 123 cm³/mol. The molecule has 1 atom stereocenters. The molecule has 0 aliphatic carbocycles. The number of hydrogen-bond acceptors (Lipinski definition) is 4. The summed E-state index contributed by atoms with van der Waals surface area (Å²) in [7, 11) is 1.65. The molecule has 2 aromatic carbocycles. The number of aryl methyl sites for hydroxylation is 1. The van der Waals surface area contributed by atoms with Crippen molar-refractivity contribution in [1.82, 2.24) is 24.6 Å². The molecule has 7 heteroatoms. The van der Waals surface area contributed by atoms with Crippen molar-refractivity contribution >= 4 is 16.9 Å². The van der Waals surface area contributed by atoms with Crippen molar-refractivity contribution in [2.45, 2.75) is 38.8 Å². The van der Waals surface area contributed by atoms with Crippen molar-refractivity contribution in [2.75, 3.05) is 13.7 Å². The molecule has 32 heavy (non-hydrogen) atoms. The number of carbonyl (C=O) groups excluding carboxylic acids is 1. The van der Waals surface area contributed by atoms with Gasteiger partial charge in [0.25, 0.3) is 5.91 Å². The quantitative estimate of drug-likeness (QED) is 0.507. The van der Waals surface area contributed by atoms with Crippen LogP contribution in [0.2, 0.25) is 0 Å². The van der Waals surface area contributed by atoms with Crippen molar-refractivity contribution in [1.29, 1.82) is 0 Å². The molecule has 1 amide bonds. The summed E-state index contributed by atoms with van der Waals surface area (Å²) < 4.78 is 7.35. The third-order valence-corrected chi connectivity index (χ3v) is 6.15. The number of methoxy groups -OCH3 is 1. The molecule has 164 valence electrons. The zero-order chi connectivity index (χ0) is 22.1. The fourth-order valence-electron chi connectivity index (χ4n) is 4.53. The molecule has 0 unspecified atom stereocenters. The molecule has 3 heterocycles. The average Bonchev–Trinajstić information content (AvgIpc) is 3.48. The van der Waals surface area contributed by atoms with Gasteiger partial charge in [-0.3, -0.25) is 9.48 Å². The Bertz CT molecular complexity index is 1240. The Balaban J connectivity index is 1.46. The van der Waals surface area contributed by atoms with E-state index in [0.717, 1.165) is 54.0 Å². The maximum Gasteiger partial charge on any atom is 0.254 e. The van der Waals surface area contributed by atoms with Crippen molar-refractivity contribution in [2.24, 2.45) is 0 Å². The van der Waals surface area contributed by atoms with Crippen LogP contribution < -0.4 is 4.74 Å². The summed E-state index contributed by atoms with van der Waals surface area (Å²) in [5.74, 6) is 1.64. The van der Waals surface area contributed by atoms with Gasteiger partial charge in [-0.1, -0.05) is 6.07 Å². The molecule has 1 aliphatic heterocycles. The maximum absolute atomic E-state index is 13.6. The van der Waals surface area contributed by atoms with Gasteiger partial charge in [-0.25, -0.2) is 4.98 Å². The number of amides is 1. The predicted octanol–water partition coefficient (Wildman–Crippen LogP) is 4.49. The lowest BCUT2D eigenvalue weighted by Crippen LogP contribution is -2.39. The van der Waals surface area contributed by atoms with Crippen LogP contribution in [0.25, 0.3) is 11.0 Å². The molecule has 1 saturated heterocycles. The van der Waals surface area contributed by atoms with Gasteiger partial charge in [0.1, 0.15) is 11.6 Å². The number of rotatable bonds is 5. The van der Waals surface area contributed by atoms with Gasteiger partial charge < -0.3 is 14.6 Å². The summed E-state index contributed by atoms with van der Waals surface area (Å²) >= 11 is 0. The Morgan fingerprint density at radius 2 is 2.12 bits per heavy atom. The van der Waals surface area contributed by atoms with Crippen molar-refractivity contribution < 1.29 is 9.53 Å². The molecule has 1 N–H and O–H groups in total. The zero-order valence-electron chi connectivity index (χ0n) is 18.4. The van der Waals surface area contributed by atoms with Crippen molar-refractivity contribution in [3.05, 3.63) is 77.4 Å². The summed E-state index contributed by atoms with van der Waals surface area (Å²) in [6.45, 7) is 3.34. The number of ether oxygens (including phenoxy) is 1. The van der Waals surface area contributed by atoms with Gasteiger partial charge in [0.2, 0.25) is 0 Å². The fraction of sp³-hybridized carbons (Fsp3) is 0.320. The summed E-state index contributed by atoms with van der Waals surface area (Å²) in [5.41, 5.74) is 4.73. The molecule has 2 aromatic heterocycles. The van der Waals surface area contributed by atoms with E-state index in [9.17, 15) is 4.79 Å². The lowest BCUT2D eigenvalue weighted by Gasteiger charge is -2.34. The van der Waals surface area contributed by atoms with Crippen molar-refractivity contribution in [3.8, 4) is 5.75 Å². The number of piperidine rings is 1. The highest BCUT2D eigenvalue weighted by atomic mass is 16.5. The maximum atomic E-state index is 13.6. The summed E-state index contributed by atoms with van der Waals surface area (Å²) in [4.78, 5) is 23.9. The first kappa shape index (κ1) is 20.3. The Morgan fingerprint density at radius 3 is 2.94 bits per heavy atom. The first-order valence-electron chi connectivity index (χ1n) is 11.0. The first-order valence-corrected chi connectivity index (χ1v) is 11.0. The van der Waals surface area contributed by atoms with Gasteiger partial charge in [-0.05, 0) is 68.1 Å². The topological polar surface area (TPSA) is 76.0 Å². The van der Waals surface area contributed by atoms with Gasteiger partial charge in [0.05, 0.1) is 30.7 Å². The number of carbonyl (C=O) groups is 1. The van der Waals surface area contributed by atoms with E-state index < -0.39 is 0 Å². The van der Waals surface area contributed by atoms with E-state index in [1.54, 1.807) is 13.3 Å². The highest BCUT2D eigenvalue weighted by Gasteiger charge is 2.31. The monoisotopic (exact) mass is 429 g/mol. The van der Waals surface area contributed by atoms with Gasteiger partial charge in [-0.2, -0.15) is 5.10 Å². The average molecular weight is 430 g/mol. The minimum Gasteiger partial charge on any atom is -0.496 e. The minimum absolute atomic E-state index is 0.0238. The summed E-state index contributed by atoms with van der Waals surface area (Å²) in [6, 6.07) is 13.7. The summed E-state index contributed by atoms with van der Waals surface area (Å²) in [5, 5.41) is 4.28. The highest BCUT2D eigenvalue weighted by molar-refractivity contribution is 5.95. The number of nitrogens with zero attached hydrogens (tertiary/aromatic N) is 4. The van der Waals surface area contributed by atoms with E-state index >= 15 is 0 Å². The summed E-state index contributed by atoms with van der Waals surface area (Å²) in [6.07, 6.45) is 6.63. The number of likely N-dealkylation sites (tertiary alicyclic amines) is 1. The number of fused-ring (bicyclic) bond motifs is 1. The van der Waals surface area contributed by atoms with E-state index in [0.29, 0.717) is 12.1 Å². The first-order chi connectivity index (χ1) is 15.6. The minimum atomic E-state index is -0.0550. The van der Waals surface area contributed by atoms with Crippen LogP contribution in [0.15, 0.2) is 54.9 Å². The molecule has 7 nitrogen and oxygen atoms in total. The van der Waals surface area contributed by atoms with Gasteiger partial charge in [-0.15, -0.1) is 0 Å². The van der Waals surface area contributed by atoms with Crippen LogP contribution in [0.4, 0.5) is 0 Å². The number of aromatic amines is 1. The number of aromatic nitrogens is 4. The largest absolute Gasteiger partial charge is 0.496 e. The lowest BCUT2D eigenvalue weighted by molar-refractivity contribution is 0.0601. The van der Waals surface area contributed by atoms with Crippen molar-refractivity contribution in [3.63, 3.8) is 0 Å². The Kier molecular flexibility index (Phi) is 5.39. The van der Waals surface area contributed by atoms with E-state index in [1.165, 1.54) is 5.56 Å². The Labute approximate surface area is 187 Å². The number of hydrogen-bond donors (Lipinski definition) is 1. The molecule has 1 fully saturated rings. The lowest BCUT2D eigenvalue weighted by atomic mass is 9.99. The zero-order valence-corrected chi connectivity index (χ0v) is 18.4. The third kappa shape index (κ3) is 3.86. The molecule has 0 radical (unpaired) electrons. The van der Waals surface area contributed by atoms with E-state index in [1.807, 2.05) is 46.1 Å². The number of imidazole rings is 1. The molecule has 5 rings (SSSR count). The van der Waals surface area contributed by atoms with Gasteiger partial charge in [0.15, 0.2) is 0 Å². The second-order valence-corrected chi connectivity index (χ2v) is 8.38. The van der Waals surface area contributed by atoms with E-state index in [4.69, 9.17) is 9.72 Å². The van der Waals surface area contributed by atoms with Crippen LogP contribution in [-0.2, 0) is 6.54 Å². The highest BCUT2D eigenvalue weighted by Crippen LogP contribution is 2.32. The van der Waals surface area contributed by atoms with E-state index in [2.05, 4.69) is 29.1 Å². The van der Waals surface area contributed by atoms with Crippen LogP contribution in [0.5, 0.6) is 5.75 Å². The molecule has 1 aliphatic rings. The van der Waals surface area contributed by atoms with E-state index in [-0.39, 0.29) is 11.9 Å². The molecule has 4 aromatic rings. The SMILES string of the molecule is COc1ccc(C(=O)N2CCCC[C@@H]2c2nc3ccc(C)cc3[nH]2)cc1Cn1cccn1. The molecule has 0 spiro atoms. The number of nitrogens with one attached hydrogen (secondary N) is 1. The second-order valence-electron chi connectivity index (χ2n) is 8.38. The molecule has 0 saturated carbocycles. The van der Waals surface area contributed by atoms with Crippen LogP contribution >= 0.6 is 0 Å². The number of benzene rings is 2. The molecule has 0 bridgehead atoms. The molecular weight excluding hydrogens is 402 g/mol. The smallest absolute Gasteiger partial charge is 0.254 e. The van der Waals surface area contributed by atoms with Gasteiger partial charge in [0, 0.05) is 30.1 Å². The van der Waals surface area contributed by atoms with Crippen LogP contribution in [0.3, 0.4) is 0 Å². The van der Waals surface area contributed by atoms with Gasteiger partial charge >= 0.3 is 0 Å². The fourth-order valence-corrected chi connectivity index (χ4v) is 4.53. The van der Waals surface area contributed by atoms with Crippen LogP contribution in [0.1, 0.15) is 52.6 Å².